The monoisotopic (exact) mass is 934 g/mol. The van der Waals surface area contributed by atoms with Crippen LogP contribution in [-0.2, 0) is 28.9 Å². The minimum Gasteiger partial charge on any atom is -0.394 e. The molecule has 0 aromatic rings. The Morgan fingerprint density at radius 1 is 0.609 bits per heavy atom. The molecule has 1 aliphatic rings. The molecule has 7 atom stereocenters. The lowest BCUT2D eigenvalue weighted by atomic mass is 9.99. The molecular weight excluding hydrogens is 835 g/mol. The highest BCUT2D eigenvalue weighted by Crippen LogP contribution is 2.26. The van der Waals surface area contributed by atoms with Crippen molar-refractivity contribution < 1.29 is 51.8 Å². The van der Waals surface area contributed by atoms with E-state index in [2.05, 4.69) is 35.5 Å². The molecular formula is C51H99NO11S. The number of carbonyl (C=O) groups is 1. The van der Waals surface area contributed by atoms with E-state index in [1.54, 1.807) is 0 Å². The summed E-state index contributed by atoms with van der Waals surface area (Å²) >= 11 is 0. The van der Waals surface area contributed by atoms with Crippen LogP contribution in [0, 0.1) is 0 Å². The molecule has 380 valence electrons. The predicted molar refractivity (Wildman–Crippen MR) is 259 cm³/mol. The van der Waals surface area contributed by atoms with Gasteiger partial charge in [-0.25, -0.2) is 4.18 Å². The highest BCUT2D eigenvalue weighted by Gasteiger charge is 2.48. The number of unbranched alkanes of at least 4 members (excludes halogenated alkanes) is 32. The maximum Gasteiger partial charge on any atom is 0.397 e. The largest absolute Gasteiger partial charge is 0.397 e. The van der Waals surface area contributed by atoms with Crippen molar-refractivity contribution in [2.45, 2.75) is 294 Å². The van der Waals surface area contributed by atoms with Gasteiger partial charge in [-0.3, -0.25) is 9.35 Å². The van der Waals surface area contributed by atoms with Gasteiger partial charge < -0.3 is 35.2 Å². The standard InChI is InChI=1S/C51H99NO11S/c1-3-5-7-9-11-13-15-16-17-18-19-20-21-22-23-24-25-26-27-28-29-30-31-33-35-37-39-41-47(55)52-44(45(54)40-38-36-34-32-14-12-10-8-6-4-2)43-61-51-49(57)50(63-64(58,59)60)48(56)46(42-53)62-51/h22-23,44-46,48-51,53-54,56-57H,3-21,24-43H2,1-2H3,(H,52,55)(H,58,59,60)/b23-22-. The molecule has 0 saturated carbocycles. The van der Waals surface area contributed by atoms with Crippen molar-refractivity contribution in [3.63, 3.8) is 0 Å². The van der Waals surface area contributed by atoms with Crippen molar-refractivity contribution >= 4 is 16.3 Å². The molecule has 0 spiro atoms. The minimum absolute atomic E-state index is 0.229. The number of rotatable bonds is 46. The average molecular weight is 934 g/mol. The molecule has 12 nitrogen and oxygen atoms in total. The summed E-state index contributed by atoms with van der Waals surface area (Å²) in [6, 6.07) is -0.854. The van der Waals surface area contributed by atoms with Crippen LogP contribution in [0.1, 0.15) is 251 Å². The summed E-state index contributed by atoms with van der Waals surface area (Å²) in [4.78, 5) is 13.1. The second kappa shape index (κ2) is 42.0. The van der Waals surface area contributed by atoms with Crippen LogP contribution in [0.4, 0.5) is 0 Å². The average Bonchev–Trinajstić information content (AvgIpc) is 3.27. The fraction of sp³-hybridized carbons (Fsp3) is 0.941. The fourth-order valence-electron chi connectivity index (χ4n) is 8.69. The van der Waals surface area contributed by atoms with Gasteiger partial charge in [-0.2, -0.15) is 8.42 Å². The van der Waals surface area contributed by atoms with E-state index in [0.717, 1.165) is 51.4 Å². The molecule has 1 aliphatic heterocycles. The van der Waals surface area contributed by atoms with Gasteiger partial charge in [0.05, 0.1) is 25.4 Å². The number of aliphatic hydroxyl groups is 4. The first-order valence-corrected chi connectivity index (χ1v) is 27.9. The van der Waals surface area contributed by atoms with Crippen molar-refractivity contribution in [1.82, 2.24) is 5.32 Å². The first-order chi connectivity index (χ1) is 31.0. The van der Waals surface area contributed by atoms with Crippen molar-refractivity contribution in [2.75, 3.05) is 13.2 Å². The molecule has 0 aliphatic carbocycles. The number of nitrogens with one attached hydrogen (secondary N) is 1. The van der Waals surface area contributed by atoms with Gasteiger partial charge in [0.25, 0.3) is 0 Å². The van der Waals surface area contributed by atoms with Gasteiger partial charge in [0.2, 0.25) is 5.91 Å². The van der Waals surface area contributed by atoms with Gasteiger partial charge in [-0.1, -0.05) is 219 Å². The zero-order valence-corrected chi connectivity index (χ0v) is 41.7. The Hall–Kier alpha value is -1.16. The highest BCUT2D eigenvalue weighted by molar-refractivity contribution is 7.80. The van der Waals surface area contributed by atoms with Crippen LogP contribution < -0.4 is 5.32 Å². The van der Waals surface area contributed by atoms with Gasteiger partial charge >= 0.3 is 10.4 Å². The predicted octanol–water partition coefficient (Wildman–Crippen LogP) is 11.5. The van der Waals surface area contributed by atoms with Crippen molar-refractivity contribution in [3.8, 4) is 0 Å². The number of aliphatic hydroxyl groups excluding tert-OH is 4. The highest BCUT2D eigenvalue weighted by atomic mass is 32.3. The van der Waals surface area contributed by atoms with Gasteiger partial charge in [0, 0.05) is 6.42 Å². The van der Waals surface area contributed by atoms with Crippen LogP contribution in [0.15, 0.2) is 12.2 Å². The molecule has 1 amide bonds. The SMILES string of the molecule is CCCCCCCCCCCCCC/C=C\CCCCCCCCCCCCCC(=O)NC(COC1OC(CO)C(O)C(OS(=O)(=O)O)C1O)C(O)CCCCCCCCCCCC. The molecule has 1 saturated heterocycles. The number of hydrogen-bond acceptors (Lipinski definition) is 10. The van der Waals surface area contributed by atoms with Gasteiger partial charge in [-0.15, -0.1) is 0 Å². The van der Waals surface area contributed by atoms with Gasteiger partial charge in [-0.05, 0) is 38.5 Å². The molecule has 7 unspecified atom stereocenters. The molecule has 0 bridgehead atoms. The Morgan fingerprint density at radius 2 is 1.00 bits per heavy atom. The number of ether oxygens (including phenoxy) is 2. The lowest BCUT2D eigenvalue weighted by molar-refractivity contribution is -0.298. The van der Waals surface area contributed by atoms with Crippen LogP contribution >= 0.6 is 0 Å². The summed E-state index contributed by atoms with van der Waals surface area (Å²) in [7, 11) is -5.07. The van der Waals surface area contributed by atoms with E-state index in [4.69, 9.17) is 9.47 Å². The normalized spacial score (nSPS) is 20.3. The smallest absolute Gasteiger partial charge is 0.394 e. The van der Waals surface area contributed by atoms with E-state index in [-0.39, 0.29) is 12.5 Å². The van der Waals surface area contributed by atoms with E-state index in [1.807, 2.05) is 0 Å². The van der Waals surface area contributed by atoms with Gasteiger partial charge in [0.15, 0.2) is 6.29 Å². The summed E-state index contributed by atoms with van der Waals surface area (Å²) < 4.78 is 47.7. The zero-order chi connectivity index (χ0) is 46.9. The Labute approximate surface area is 391 Å². The summed E-state index contributed by atoms with van der Waals surface area (Å²) in [5.74, 6) is -0.229. The molecule has 6 N–H and O–H groups in total. The number of hydrogen-bond donors (Lipinski definition) is 6. The second-order valence-corrected chi connectivity index (χ2v) is 19.9. The number of amides is 1. The number of allylic oxidation sites excluding steroid dienone is 2. The third-order valence-corrected chi connectivity index (χ3v) is 13.3. The van der Waals surface area contributed by atoms with Crippen LogP contribution in [0.2, 0.25) is 0 Å². The molecule has 1 rings (SSSR count). The van der Waals surface area contributed by atoms with Crippen LogP contribution in [-0.4, -0.2) is 95.4 Å². The van der Waals surface area contributed by atoms with Crippen LogP contribution in [0.25, 0.3) is 0 Å². The van der Waals surface area contributed by atoms with Crippen molar-refractivity contribution in [1.29, 1.82) is 0 Å². The lowest BCUT2D eigenvalue weighted by Crippen LogP contribution is -2.61. The molecule has 0 radical (unpaired) electrons. The molecule has 64 heavy (non-hydrogen) atoms. The third-order valence-electron chi connectivity index (χ3n) is 12.8. The van der Waals surface area contributed by atoms with E-state index >= 15 is 0 Å². The van der Waals surface area contributed by atoms with Crippen LogP contribution in [0.3, 0.4) is 0 Å². The lowest BCUT2D eigenvalue weighted by Gasteiger charge is -2.41. The molecule has 13 heteroatoms. The van der Waals surface area contributed by atoms with E-state index < -0.39 is 59.9 Å². The fourth-order valence-corrected chi connectivity index (χ4v) is 9.20. The molecule has 0 aromatic heterocycles. The maximum atomic E-state index is 13.1. The molecule has 1 fully saturated rings. The quantitative estimate of drug-likeness (QED) is 0.0193. The topological polar surface area (TPSA) is 192 Å². The Morgan fingerprint density at radius 3 is 1.41 bits per heavy atom. The van der Waals surface area contributed by atoms with Crippen LogP contribution in [0.5, 0.6) is 0 Å². The Bertz CT molecular complexity index is 1190. The molecule has 1 heterocycles. The minimum atomic E-state index is -5.07. The van der Waals surface area contributed by atoms with Crippen molar-refractivity contribution in [2.24, 2.45) is 0 Å². The Kier molecular flexibility index (Phi) is 39.9. The van der Waals surface area contributed by atoms with Gasteiger partial charge in [0.1, 0.15) is 24.4 Å². The summed E-state index contributed by atoms with van der Waals surface area (Å²) in [6.45, 7) is 3.45. The molecule has 0 aromatic carbocycles. The third kappa shape index (κ3) is 34.2. The first kappa shape index (κ1) is 60.9. The summed E-state index contributed by atoms with van der Waals surface area (Å²) in [5.41, 5.74) is 0. The van der Waals surface area contributed by atoms with E-state index in [9.17, 15) is 38.2 Å². The zero-order valence-electron chi connectivity index (χ0n) is 40.9. The van der Waals surface area contributed by atoms with E-state index in [0.29, 0.717) is 12.8 Å². The summed E-state index contributed by atoms with van der Waals surface area (Å²) in [5, 5.41) is 44.8. The Balaban J connectivity index is 2.28. The summed E-state index contributed by atoms with van der Waals surface area (Å²) in [6.07, 6.45) is 39.5. The van der Waals surface area contributed by atoms with E-state index in [1.165, 1.54) is 173 Å². The first-order valence-electron chi connectivity index (χ1n) is 26.6. The second-order valence-electron chi connectivity index (χ2n) is 18.8. The van der Waals surface area contributed by atoms with Crippen molar-refractivity contribution in [3.05, 3.63) is 12.2 Å². The maximum absolute atomic E-state index is 13.1. The number of carbonyl (C=O) groups excluding carboxylic acids is 1.